The molecule has 0 unspecified atom stereocenters. The van der Waals surface area contributed by atoms with Gasteiger partial charge >= 0.3 is 6.03 Å². The number of benzene rings is 1. The number of hydrogen-bond donors (Lipinski definition) is 3. The van der Waals surface area contributed by atoms with Gasteiger partial charge in [0.15, 0.2) is 11.1 Å². The Morgan fingerprint density at radius 2 is 2.00 bits per heavy atom. The number of furan rings is 1. The van der Waals surface area contributed by atoms with Crippen LogP contribution in [0.5, 0.6) is 5.75 Å². The Morgan fingerprint density at radius 3 is 2.75 bits per heavy atom. The van der Waals surface area contributed by atoms with Crippen LogP contribution in [0.15, 0.2) is 65.2 Å². The van der Waals surface area contributed by atoms with E-state index < -0.39 is 17.5 Å². The van der Waals surface area contributed by atoms with Crippen molar-refractivity contribution in [2.45, 2.75) is 12.1 Å². The van der Waals surface area contributed by atoms with Crippen molar-refractivity contribution in [1.29, 1.82) is 0 Å². The van der Waals surface area contributed by atoms with Crippen LogP contribution in [-0.4, -0.2) is 46.4 Å². The molecule has 0 spiro atoms. The Hall–Kier alpha value is -4.93. The van der Waals surface area contributed by atoms with Crippen molar-refractivity contribution in [3.8, 4) is 5.75 Å². The van der Waals surface area contributed by atoms with Crippen LogP contribution in [0, 0.1) is 0 Å². The maximum absolute atomic E-state index is 13.2. The van der Waals surface area contributed by atoms with Crippen molar-refractivity contribution < 1.29 is 23.5 Å². The van der Waals surface area contributed by atoms with E-state index in [0.29, 0.717) is 34.0 Å². The quantitative estimate of drug-likeness (QED) is 0.355. The first kappa shape index (κ1) is 21.6. The molecule has 0 bridgehead atoms. The van der Waals surface area contributed by atoms with Gasteiger partial charge in [0.2, 0.25) is 0 Å². The number of ether oxygens (including phenoxy) is 1. The van der Waals surface area contributed by atoms with E-state index in [1.54, 1.807) is 42.6 Å². The second kappa shape index (κ2) is 8.08. The van der Waals surface area contributed by atoms with Crippen molar-refractivity contribution in [1.82, 2.24) is 25.5 Å². The lowest BCUT2D eigenvalue weighted by molar-refractivity contribution is -0.125. The number of amides is 4. The second-order valence-electron chi connectivity index (χ2n) is 8.53. The normalized spacial score (nSPS) is 18.8. The summed E-state index contributed by atoms with van der Waals surface area (Å²) in [5.74, 6) is 0.999. The van der Waals surface area contributed by atoms with E-state index >= 15 is 0 Å². The van der Waals surface area contributed by atoms with E-state index in [2.05, 4.69) is 25.9 Å². The standard InChI is InChI=1S/C25H20N6O5/c1-35-15-6-5-14-12-31(22(32)16(14)10-15)13-25(23(33)29-24(34)30-25)19-11-17-18(36-19)7-8-21(27-17)28-20-4-2-3-9-26-20/h2-11H,12-13H2,1H3,(H,26,27,28)(H2,29,30,33,34)/t25-/m0/s1. The number of aromatic nitrogens is 2. The van der Waals surface area contributed by atoms with Gasteiger partial charge in [0.05, 0.1) is 13.7 Å². The highest BCUT2D eigenvalue weighted by atomic mass is 16.5. The summed E-state index contributed by atoms with van der Waals surface area (Å²) in [6, 6.07) is 15.1. The molecule has 2 aliphatic rings. The molecule has 1 saturated heterocycles. The van der Waals surface area contributed by atoms with E-state index in [-0.39, 0.29) is 24.8 Å². The zero-order chi connectivity index (χ0) is 24.9. The summed E-state index contributed by atoms with van der Waals surface area (Å²) in [4.78, 5) is 48.8. The molecule has 5 heterocycles. The minimum absolute atomic E-state index is 0.126. The number of imide groups is 1. The fourth-order valence-corrected chi connectivity index (χ4v) is 4.51. The van der Waals surface area contributed by atoms with Crippen LogP contribution in [0.1, 0.15) is 21.7 Å². The number of nitrogens with one attached hydrogen (secondary N) is 3. The Balaban J connectivity index is 1.34. The lowest BCUT2D eigenvalue weighted by Crippen LogP contribution is -2.52. The highest BCUT2D eigenvalue weighted by molar-refractivity contribution is 6.08. The van der Waals surface area contributed by atoms with Crippen molar-refractivity contribution in [2.24, 2.45) is 0 Å². The van der Waals surface area contributed by atoms with E-state index in [4.69, 9.17) is 9.15 Å². The largest absolute Gasteiger partial charge is 0.497 e. The lowest BCUT2D eigenvalue weighted by Gasteiger charge is -2.28. The molecule has 36 heavy (non-hydrogen) atoms. The molecule has 11 heteroatoms. The van der Waals surface area contributed by atoms with E-state index in [9.17, 15) is 14.4 Å². The Kier molecular flexibility index (Phi) is 4.85. The minimum Gasteiger partial charge on any atom is -0.497 e. The first-order chi connectivity index (χ1) is 17.4. The molecule has 0 aliphatic carbocycles. The second-order valence-corrected chi connectivity index (χ2v) is 8.53. The third kappa shape index (κ3) is 3.49. The molecule has 3 N–H and O–H groups in total. The molecular formula is C25H20N6O5. The molecule has 0 radical (unpaired) electrons. The molecule has 1 atom stereocenters. The fraction of sp³-hybridized carbons (Fsp3) is 0.160. The van der Waals surface area contributed by atoms with Gasteiger partial charge < -0.3 is 24.7 Å². The minimum atomic E-state index is -1.62. The molecule has 4 amide bonds. The van der Waals surface area contributed by atoms with E-state index in [1.165, 1.54) is 12.0 Å². The summed E-state index contributed by atoms with van der Waals surface area (Å²) in [7, 11) is 1.53. The molecule has 2 aliphatic heterocycles. The lowest BCUT2D eigenvalue weighted by atomic mass is 9.95. The molecule has 11 nitrogen and oxygen atoms in total. The van der Waals surface area contributed by atoms with Crippen molar-refractivity contribution >= 4 is 40.6 Å². The monoisotopic (exact) mass is 484 g/mol. The molecule has 3 aromatic heterocycles. The van der Waals surface area contributed by atoms with Crippen LogP contribution in [-0.2, 0) is 16.9 Å². The highest BCUT2D eigenvalue weighted by Crippen LogP contribution is 2.35. The number of rotatable bonds is 6. The molecule has 180 valence electrons. The summed E-state index contributed by atoms with van der Waals surface area (Å²) in [6.07, 6.45) is 1.66. The summed E-state index contributed by atoms with van der Waals surface area (Å²) < 4.78 is 11.2. The Bertz CT molecular complexity index is 1530. The zero-order valence-corrected chi connectivity index (χ0v) is 19.1. The van der Waals surface area contributed by atoms with E-state index in [1.807, 2.05) is 18.2 Å². The van der Waals surface area contributed by atoms with Gasteiger partial charge in [-0.05, 0) is 42.0 Å². The third-order valence-electron chi connectivity index (χ3n) is 6.28. The number of fused-ring (bicyclic) bond motifs is 2. The van der Waals surface area contributed by atoms with Gasteiger partial charge in [-0.3, -0.25) is 14.9 Å². The maximum atomic E-state index is 13.2. The number of nitrogens with zero attached hydrogens (tertiary/aromatic N) is 3. The number of anilines is 2. The van der Waals surface area contributed by atoms with Gasteiger partial charge in [-0.15, -0.1) is 0 Å². The van der Waals surface area contributed by atoms with Gasteiger partial charge in [0, 0.05) is 24.4 Å². The topological polar surface area (TPSA) is 139 Å². The average Bonchev–Trinajstić information content (AvgIpc) is 3.53. The first-order valence-corrected chi connectivity index (χ1v) is 11.1. The smallest absolute Gasteiger partial charge is 0.322 e. The summed E-state index contributed by atoms with van der Waals surface area (Å²) in [6.45, 7) is 0.152. The molecular weight excluding hydrogens is 464 g/mol. The Morgan fingerprint density at radius 1 is 1.11 bits per heavy atom. The van der Waals surface area contributed by atoms with Crippen LogP contribution in [0.4, 0.5) is 16.4 Å². The van der Waals surface area contributed by atoms with Crippen LogP contribution in [0.2, 0.25) is 0 Å². The average molecular weight is 484 g/mol. The van der Waals surface area contributed by atoms with Crippen molar-refractivity contribution in [3.63, 3.8) is 0 Å². The predicted octanol–water partition coefficient (Wildman–Crippen LogP) is 2.67. The van der Waals surface area contributed by atoms with Gasteiger partial charge in [-0.1, -0.05) is 12.1 Å². The van der Waals surface area contributed by atoms with Crippen molar-refractivity contribution in [2.75, 3.05) is 19.0 Å². The highest BCUT2D eigenvalue weighted by Gasteiger charge is 2.53. The van der Waals surface area contributed by atoms with Crippen LogP contribution in [0.25, 0.3) is 11.1 Å². The first-order valence-electron chi connectivity index (χ1n) is 11.1. The van der Waals surface area contributed by atoms with E-state index in [0.717, 1.165) is 5.56 Å². The third-order valence-corrected chi connectivity index (χ3v) is 6.28. The molecule has 1 fully saturated rings. The van der Waals surface area contributed by atoms with Crippen molar-refractivity contribution in [3.05, 3.63) is 77.7 Å². The van der Waals surface area contributed by atoms with Gasteiger partial charge in [0.25, 0.3) is 11.8 Å². The van der Waals surface area contributed by atoms with Gasteiger partial charge in [0.1, 0.15) is 28.7 Å². The number of carbonyl (C=O) groups is 3. The summed E-state index contributed by atoms with van der Waals surface area (Å²) >= 11 is 0. The summed E-state index contributed by atoms with van der Waals surface area (Å²) in [5.41, 5.74) is 0.572. The number of urea groups is 1. The summed E-state index contributed by atoms with van der Waals surface area (Å²) in [5, 5.41) is 8.06. The number of methoxy groups -OCH3 is 1. The predicted molar refractivity (Wildman–Crippen MR) is 128 cm³/mol. The molecule has 0 saturated carbocycles. The van der Waals surface area contributed by atoms with Crippen LogP contribution in [0.3, 0.4) is 0 Å². The Labute approximate surface area is 204 Å². The fourth-order valence-electron chi connectivity index (χ4n) is 4.51. The van der Waals surface area contributed by atoms with Crippen LogP contribution >= 0.6 is 0 Å². The molecule has 6 rings (SSSR count). The number of hydrogen-bond acceptors (Lipinski definition) is 8. The molecule has 1 aromatic carbocycles. The zero-order valence-electron chi connectivity index (χ0n) is 19.1. The molecule has 4 aromatic rings. The maximum Gasteiger partial charge on any atom is 0.322 e. The SMILES string of the molecule is COc1ccc2c(c1)C(=O)N(C[C@@]1(c3cc4nc(Nc5ccccn5)ccc4o3)NC(=O)NC1=O)C2. The number of pyridine rings is 2. The van der Waals surface area contributed by atoms with Crippen LogP contribution < -0.4 is 20.7 Å². The number of carbonyl (C=O) groups excluding carboxylic acids is 3. The van der Waals surface area contributed by atoms with Gasteiger partial charge in [-0.25, -0.2) is 14.8 Å². The van der Waals surface area contributed by atoms with Gasteiger partial charge in [-0.2, -0.15) is 0 Å².